The molecule has 1 nitrogen and oxygen atoms in total. The molecular weight excluding hydrogens is 196 g/mol. The van der Waals surface area contributed by atoms with Gasteiger partial charge in [0, 0.05) is 0 Å². The molecule has 0 aliphatic carbocycles. The molecule has 0 aromatic rings. The fraction of sp³-hybridized carbons (Fsp3) is 1.00. The van der Waals surface area contributed by atoms with Crippen LogP contribution >= 0.6 is 0 Å². The van der Waals surface area contributed by atoms with Gasteiger partial charge in [-0.05, 0) is 18.8 Å². The predicted molar refractivity (Wildman–Crippen MR) is 71.2 cm³/mol. The molecule has 2 atom stereocenters. The standard InChI is InChI=1S/C15H31O/c1-5-8-9-10-11-12-13-15(16,7-3)14(4)6-2/h14H,5-13H2,1-4H3. The van der Waals surface area contributed by atoms with E-state index in [0.29, 0.717) is 5.92 Å². The average Bonchev–Trinajstić information content (AvgIpc) is 2.32. The summed E-state index contributed by atoms with van der Waals surface area (Å²) < 4.78 is 0. The van der Waals surface area contributed by atoms with Gasteiger partial charge in [0.25, 0.3) is 0 Å². The molecule has 0 aromatic heterocycles. The zero-order chi connectivity index (χ0) is 12.4. The molecule has 0 aromatic carbocycles. The third-order valence-corrected chi connectivity index (χ3v) is 4.06. The normalized spacial score (nSPS) is 17.1. The summed E-state index contributed by atoms with van der Waals surface area (Å²) in [5, 5.41) is 12.5. The van der Waals surface area contributed by atoms with Crippen molar-refractivity contribution in [2.24, 2.45) is 5.92 Å². The lowest BCUT2D eigenvalue weighted by molar-refractivity contribution is -0.0848. The summed E-state index contributed by atoms with van der Waals surface area (Å²) in [6, 6.07) is 0. The van der Waals surface area contributed by atoms with Crippen LogP contribution in [-0.4, -0.2) is 5.60 Å². The molecule has 16 heavy (non-hydrogen) atoms. The van der Waals surface area contributed by atoms with Gasteiger partial charge in [0.2, 0.25) is 0 Å². The molecule has 1 heteroatoms. The highest BCUT2D eigenvalue weighted by Crippen LogP contribution is 2.30. The Morgan fingerprint density at radius 3 is 2.00 bits per heavy atom. The van der Waals surface area contributed by atoms with Crippen LogP contribution in [0.1, 0.15) is 85.5 Å². The zero-order valence-electron chi connectivity index (χ0n) is 11.8. The lowest BCUT2D eigenvalue weighted by atomic mass is 9.80. The number of rotatable bonds is 10. The molecule has 0 heterocycles. The van der Waals surface area contributed by atoms with Gasteiger partial charge < -0.3 is 0 Å². The maximum absolute atomic E-state index is 12.5. The summed E-state index contributed by atoms with van der Waals surface area (Å²) in [6.45, 7) is 8.54. The zero-order valence-corrected chi connectivity index (χ0v) is 11.8. The first-order valence-electron chi connectivity index (χ1n) is 7.31. The van der Waals surface area contributed by atoms with Crippen LogP contribution in [0.3, 0.4) is 0 Å². The van der Waals surface area contributed by atoms with Crippen molar-refractivity contribution in [2.75, 3.05) is 0 Å². The first-order chi connectivity index (χ1) is 7.60. The summed E-state index contributed by atoms with van der Waals surface area (Å²) in [5.74, 6) is 0.327. The van der Waals surface area contributed by atoms with E-state index in [1.54, 1.807) is 0 Å². The minimum absolute atomic E-state index is 0.327. The van der Waals surface area contributed by atoms with Crippen LogP contribution in [0.5, 0.6) is 0 Å². The Bertz CT molecular complexity index is 156. The quantitative estimate of drug-likeness (QED) is 0.448. The number of hydrogen-bond donors (Lipinski definition) is 0. The van der Waals surface area contributed by atoms with Crippen LogP contribution < -0.4 is 0 Å². The molecular formula is C15H31O. The van der Waals surface area contributed by atoms with Gasteiger partial charge >= 0.3 is 0 Å². The molecule has 2 unspecified atom stereocenters. The Kier molecular flexibility index (Phi) is 9.02. The number of hydrogen-bond acceptors (Lipinski definition) is 0. The van der Waals surface area contributed by atoms with E-state index in [9.17, 15) is 5.11 Å². The van der Waals surface area contributed by atoms with Crippen molar-refractivity contribution in [3.05, 3.63) is 0 Å². The van der Waals surface area contributed by atoms with Crippen molar-refractivity contribution in [3.8, 4) is 0 Å². The van der Waals surface area contributed by atoms with E-state index in [1.165, 1.54) is 32.1 Å². The highest BCUT2D eigenvalue weighted by molar-refractivity contribution is 4.81. The molecule has 0 N–H and O–H groups in total. The largest absolute Gasteiger partial charge is 0.229 e. The van der Waals surface area contributed by atoms with Gasteiger partial charge in [-0.15, -0.1) is 0 Å². The lowest BCUT2D eigenvalue weighted by Crippen LogP contribution is -2.33. The van der Waals surface area contributed by atoms with Crippen LogP contribution in [0, 0.1) is 5.92 Å². The molecule has 0 amide bonds. The molecule has 97 valence electrons. The predicted octanol–water partition coefficient (Wildman–Crippen LogP) is 5.36. The Morgan fingerprint density at radius 2 is 1.50 bits per heavy atom. The third kappa shape index (κ3) is 5.89. The SMILES string of the molecule is CCCCCCCCC([O])(CC)C(C)CC. The Morgan fingerprint density at radius 1 is 0.938 bits per heavy atom. The van der Waals surface area contributed by atoms with Gasteiger partial charge in [-0.2, -0.15) is 0 Å². The van der Waals surface area contributed by atoms with Crippen molar-refractivity contribution < 1.29 is 5.11 Å². The van der Waals surface area contributed by atoms with E-state index >= 15 is 0 Å². The first-order valence-corrected chi connectivity index (χ1v) is 7.31. The third-order valence-electron chi connectivity index (χ3n) is 4.06. The fourth-order valence-corrected chi connectivity index (χ4v) is 2.35. The van der Waals surface area contributed by atoms with Crippen LogP contribution in [0.25, 0.3) is 0 Å². The smallest absolute Gasteiger partial charge is 0.106 e. The molecule has 1 radical (unpaired) electrons. The van der Waals surface area contributed by atoms with E-state index < -0.39 is 5.60 Å². The summed E-state index contributed by atoms with van der Waals surface area (Å²) >= 11 is 0. The van der Waals surface area contributed by atoms with E-state index in [1.807, 2.05) is 0 Å². The van der Waals surface area contributed by atoms with Crippen molar-refractivity contribution in [1.82, 2.24) is 0 Å². The molecule has 0 fully saturated rings. The van der Waals surface area contributed by atoms with Gasteiger partial charge in [-0.25, -0.2) is 5.11 Å². The van der Waals surface area contributed by atoms with Crippen molar-refractivity contribution in [3.63, 3.8) is 0 Å². The second-order valence-corrected chi connectivity index (χ2v) is 5.25. The topological polar surface area (TPSA) is 19.9 Å². The minimum Gasteiger partial charge on any atom is -0.229 e. The summed E-state index contributed by atoms with van der Waals surface area (Å²) in [6.07, 6.45) is 10.4. The highest BCUT2D eigenvalue weighted by atomic mass is 16.3. The first kappa shape index (κ1) is 16.0. The van der Waals surface area contributed by atoms with Crippen LogP contribution in [0.2, 0.25) is 0 Å². The molecule has 0 saturated heterocycles. The maximum Gasteiger partial charge on any atom is 0.106 e. The second kappa shape index (κ2) is 9.04. The molecule has 0 bridgehead atoms. The van der Waals surface area contributed by atoms with Crippen molar-refractivity contribution in [1.29, 1.82) is 0 Å². The van der Waals surface area contributed by atoms with Crippen molar-refractivity contribution >= 4 is 0 Å². The van der Waals surface area contributed by atoms with E-state index in [2.05, 4.69) is 27.7 Å². The van der Waals surface area contributed by atoms with Crippen LogP contribution in [0.4, 0.5) is 0 Å². The molecule has 0 aliphatic rings. The van der Waals surface area contributed by atoms with Gasteiger partial charge in [-0.3, -0.25) is 0 Å². The Hall–Kier alpha value is -0.0400. The average molecular weight is 227 g/mol. The Balaban J connectivity index is 3.70. The van der Waals surface area contributed by atoms with E-state index in [0.717, 1.165) is 25.7 Å². The number of unbranched alkanes of at least 4 members (excludes halogenated alkanes) is 5. The van der Waals surface area contributed by atoms with Crippen molar-refractivity contribution in [2.45, 2.75) is 91.1 Å². The second-order valence-electron chi connectivity index (χ2n) is 5.25. The molecule has 0 saturated carbocycles. The summed E-state index contributed by atoms with van der Waals surface area (Å²) in [5.41, 5.74) is -0.653. The molecule has 0 rings (SSSR count). The van der Waals surface area contributed by atoms with Gasteiger partial charge in [0.05, 0.1) is 0 Å². The molecule has 0 spiro atoms. The molecule has 0 aliphatic heterocycles. The summed E-state index contributed by atoms with van der Waals surface area (Å²) in [4.78, 5) is 0. The fourth-order valence-electron chi connectivity index (χ4n) is 2.35. The van der Waals surface area contributed by atoms with Gasteiger partial charge in [0.1, 0.15) is 5.60 Å². The Labute approximate surface area is 103 Å². The monoisotopic (exact) mass is 227 g/mol. The minimum atomic E-state index is -0.653. The van der Waals surface area contributed by atoms with E-state index in [4.69, 9.17) is 0 Å². The lowest BCUT2D eigenvalue weighted by Gasteiger charge is -2.30. The van der Waals surface area contributed by atoms with Crippen LogP contribution in [0.15, 0.2) is 0 Å². The maximum atomic E-state index is 12.5. The van der Waals surface area contributed by atoms with Gasteiger partial charge in [-0.1, -0.05) is 72.6 Å². The van der Waals surface area contributed by atoms with E-state index in [-0.39, 0.29) is 0 Å². The summed E-state index contributed by atoms with van der Waals surface area (Å²) in [7, 11) is 0. The van der Waals surface area contributed by atoms with Gasteiger partial charge in [0.15, 0.2) is 0 Å². The highest BCUT2D eigenvalue weighted by Gasteiger charge is 2.31. The van der Waals surface area contributed by atoms with Crippen LogP contribution in [-0.2, 0) is 5.11 Å².